The van der Waals surface area contributed by atoms with Gasteiger partial charge in [-0.1, -0.05) is 11.8 Å². The molecule has 0 saturated heterocycles. The van der Waals surface area contributed by atoms with Crippen LogP contribution in [0.15, 0.2) is 35.3 Å². The molecule has 2 aromatic carbocycles. The average molecular weight is 374 g/mol. The van der Waals surface area contributed by atoms with Gasteiger partial charge in [0, 0.05) is 30.5 Å². The Morgan fingerprint density at radius 2 is 1.70 bits per heavy atom. The standard InChI is InChI=1S/C17H17N3O7/c1-26-16-8-11(14(20(24)25)9-17(16)27-2)5-6-18-10-12-7-13(19(22)23)3-4-15(12)21/h3-4,7-10,21H,5-6H2,1-2H3/p-1. The normalized spacial score (nSPS) is 10.7. The SMILES string of the molecule is COc1cc(CCN=Cc2cc([N+](=O)[O-])ccc2[O-])c([N+](=O)[O-])cc1OC. The fourth-order valence-corrected chi connectivity index (χ4v) is 2.38. The fourth-order valence-electron chi connectivity index (χ4n) is 2.38. The molecule has 0 aliphatic rings. The minimum absolute atomic E-state index is 0.0750. The Hall–Kier alpha value is -3.69. The van der Waals surface area contributed by atoms with E-state index < -0.39 is 15.6 Å². The molecule has 0 aliphatic carbocycles. The predicted molar refractivity (Wildman–Crippen MR) is 94.9 cm³/mol. The van der Waals surface area contributed by atoms with Gasteiger partial charge in [-0.15, -0.1) is 0 Å². The number of rotatable bonds is 8. The van der Waals surface area contributed by atoms with E-state index in [0.29, 0.717) is 11.3 Å². The molecule has 10 heteroatoms. The molecule has 2 rings (SSSR count). The predicted octanol–water partition coefficient (Wildman–Crippen LogP) is 2.26. The van der Waals surface area contributed by atoms with Gasteiger partial charge in [-0.05, 0) is 18.1 Å². The Labute approximate surface area is 154 Å². The van der Waals surface area contributed by atoms with E-state index in [2.05, 4.69) is 4.99 Å². The van der Waals surface area contributed by atoms with E-state index in [1.54, 1.807) is 0 Å². The molecule has 0 amide bonds. The van der Waals surface area contributed by atoms with Crippen LogP contribution in [-0.4, -0.2) is 36.8 Å². The molecule has 2 aromatic rings. The third kappa shape index (κ3) is 4.69. The number of hydrogen-bond acceptors (Lipinski definition) is 8. The van der Waals surface area contributed by atoms with Crippen molar-refractivity contribution in [1.29, 1.82) is 0 Å². The van der Waals surface area contributed by atoms with Crippen LogP contribution in [0, 0.1) is 20.2 Å². The van der Waals surface area contributed by atoms with Gasteiger partial charge in [0.25, 0.3) is 11.4 Å². The number of ether oxygens (including phenoxy) is 2. The summed E-state index contributed by atoms with van der Waals surface area (Å²) in [6.07, 6.45) is 1.43. The van der Waals surface area contributed by atoms with Crippen molar-refractivity contribution in [2.45, 2.75) is 6.42 Å². The molecule has 0 aromatic heterocycles. The molecule has 0 bridgehead atoms. The lowest BCUT2D eigenvalue weighted by Gasteiger charge is -2.10. The molecule has 142 valence electrons. The van der Waals surface area contributed by atoms with Gasteiger partial charge in [-0.2, -0.15) is 0 Å². The molecule has 0 aliphatic heterocycles. The van der Waals surface area contributed by atoms with Gasteiger partial charge in [0.15, 0.2) is 11.5 Å². The lowest BCUT2D eigenvalue weighted by molar-refractivity contribution is -0.385. The lowest BCUT2D eigenvalue weighted by Crippen LogP contribution is -2.02. The van der Waals surface area contributed by atoms with Crippen molar-refractivity contribution in [3.63, 3.8) is 0 Å². The van der Waals surface area contributed by atoms with Gasteiger partial charge in [-0.3, -0.25) is 25.2 Å². The Bertz CT molecular complexity index is 896. The number of hydrogen-bond donors (Lipinski definition) is 0. The molecule has 0 radical (unpaired) electrons. The van der Waals surface area contributed by atoms with Crippen molar-refractivity contribution in [3.05, 3.63) is 61.7 Å². The van der Waals surface area contributed by atoms with Crippen LogP contribution in [0.3, 0.4) is 0 Å². The second kappa shape index (κ2) is 8.61. The van der Waals surface area contributed by atoms with Gasteiger partial charge >= 0.3 is 0 Å². The summed E-state index contributed by atoms with van der Waals surface area (Å²) in [6.45, 7) is 0.137. The molecule has 0 atom stereocenters. The van der Waals surface area contributed by atoms with E-state index >= 15 is 0 Å². The number of nitro groups is 2. The average Bonchev–Trinajstić information content (AvgIpc) is 2.65. The van der Waals surface area contributed by atoms with Crippen molar-refractivity contribution < 1.29 is 24.4 Å². The van der Waals surface area contributed by atoms with E-state index in [9.17, 15) is 25.3 Å². The highest BCUT2D eigenvalue weighted by Gasteiger charge is 2.19. The molecule has 27 heavy (non-hydrogen) atoms. The van der Waals surface area contributed by atoms with Gasteiger partial charge in [0.05, 0.1) is 30.1 Å². The first-order valence-electron chi connectivity index (χ1n) is 7.72. The van der Waals surface area contributed by atoms with E-state index in [4.69, 9.17) is 9.47 Å². The third-order valence-corrected chi connectivity index (χ3v) is 3.73. The summed E-state index contributed by atoms with van der Waals surface area (Å²) in [4.78, 5) is 24.9. The highest BCUT2D eigenvalue weighted by atomic mass is 16.6. The van der Waals surface area contributed by atoms with Crippen molar-refractivity contribution in [3.8, 4) is 17.2 Å². The van der Waals surface area contributed by atoms with Crippen LogP contribution in [0.25, 0.3) is 0 Å². The van der Waals surface area contributed by atoms with Crippen molar-refractivity contribution >= 4 is 17.6 Å². The lowest BCUT2D eigenvalue weighted by atomic mass is 10.1. The van der Waals surface area contributed by atoms with Gasteiger partial charge in [0.1, 0.15) is 0 Å². The van der Waals surface area contributed by atoms with Crippen LogP contribution in [0.2, 0.25) is 0 Å². The van der Waals surface area contributed by atoms with Crippen LogP contribution < -0.4 is 14.6 Å². The number of benzene rings is 2. The molecule has 10 nitrogen and oxygen atoms in total. The largest absolute Gasteiger partial charge is 0.872 e. The van der Waals surface area contributed by atoms with Crippen LogP contribution in [0.5, 0.6) is 17.2 Å². The zero-order valence-corrected chi connectivity index (χ0v) is 14.6. The third-order valence-electron chi connectivity index (χ3n) is 3.73. The molecule has 0 fully saturated rings. The highest BCUT2D eigenvalue weighted by Crippen LogP contribution is 2.34. The molecule has 0 N–H and O–H groups in total. The molecule has 0 saturated carbocycles. The van der Waals surface area contributed by atoms with Crippen LogP contribution >= 0.6 is 0 Å². The van der Waals surface area contributed by atoms with Gasteiger partial charge < -0.3 is 14.6 Å². The summed E-state index contributed by atoms with van der Waals surface area (Å²) in [6, 6.07) is 6.11. The molecular formula is C17H16N3O7-. The molecule has 0 unspecified atom stereocenters. The highest BCUT2D eigenvalue weighted by molar-refractivity contribution is 5.84. The maximum Gasteiger partial charge on any atom is 0.276 e. The fraction of sp³-hybridized carbons (Fsp3) is 0.235. The summed E-state index contributed by atoms with van der Waals surface area (Å²) in [5.41, 5.74) is 0.108. The zero-order chi connectivity index (χ0) is 20.0. The summed E-state index contributed by atoms with van der Waals surface area (Å²) in [5.74, 6) is 0.188. The number of non-ortho nitro benzene ring substituents is 1. The van der Waals surface area contributed by atoms with Crippen molar-refractivity contribution in [2.24, 2.45) is 4.99 Å². The van der Waals surface area contributed by atoms with E-state index in [0.717, 1.165) is 18.2 Å². The first-order chi connectivity index (χ1) is 12.9. The summed E-state index contributed by atoms with van der Waals surface area (Å²) < 4.78 is 10.2. The second-order valence-electron chi connectivity index (χ2n) is 5.36. The Morgan fingerprint density at radius 3 is 2.30 bits per heavy atom. The van der Waals surface area contributed by atoms with Gasteiger partial charge in [0.2, 0.25) is 0 Å². The zero-order valence-electron chi connectivity index (χ0n) is 14.6. The minimum Gasteiger partial charge on any atom is -0.872 e. The Morgan fingerprint density at radius 1 is 1.04 bits per heavy atom. The Balaban J connectivity index is 2.19. The van der Waals surface area contributed by atoms with Crippen LogP contribution in [-0.2, 0) is 6.42 Å². The van der Waals surface area contributed by atoms with Crippen LogP contribution in [0.4, 0.5) is 11.4 Å². The van der Waals surface area contributed by atoms with Crippen molar-refractivity contribution in [1.82, 2.24) is 0 Å². The van der Waals surface area contributed by atoms with E-state index in [-0.39, 0.29) is 35.7 Å². The van der Waals surface area contributed by atoms with E-state index in [1.807, 2.05) is 0 Å². The number of nitro benzene ring substituents is 2. The Kier molecular flexibility index (Phi) is 6.26. The second-order valence-corrected chi connectivity index (χ2v) is 5.36. The first kappa shape index (κ1) is 19.6. The number of nitrogens with zero attached hydrogens (tertiary/aromatic N) is 3. The topological polar surface area (TPSA) is 140 Å². The van der Waals surface area contributed by atoms with Crippen LogP contribution in [0.1, 0.15) is 11.1 Å². The maximum atomic E-state index is 11.7. The quantitative estimate of drug-likeness (QED) is 0.392. The summed E-state index contributed by atoms with van der Waals surface area (Å²) in [5, 5.41) is 33.7. The summed E-state index contributed by atoms with van der Waals surface area (Å²) >= 11 is 0. The smallest absolute Gasteiger partial charge is 0.276 e. The monoisotopic (exact) mass is 374 g/mol. The number of aliphatic imine (C=N–C) groups is 1. The maximum absolute atomic E-state index is 11.7. The first-order valence-corrected chi connectivity index (χ1v) is 7.72. The molecule has 0 heterocycles. The minimum atomic E-state index is -0.607. The number of methoxy groups -OCH3 is 2. The summed E-state index contributed by atoms with van der Waals surface area (Å²) in [7, 11) is 2.80. The molecule has 0 spiro atoms. The van der Waals surface area contributed by atoms with Crippen molar-refractivity contribution in [2.75, 3.05) is 20.8 Å². The van der Waals surface area contributed by atoms with Gasteiger partial charge in [-0.25, -0.2) is 0 Å². The van der Waals surface area contributed by atoms with E-state index in [1.165, 1.54) is 32.6 Å². The molecular weight excluding hydrogens is 358 g/mol.